The van der Waals surface area contributed by atoms with Gasteiger partial charge in [-0.25, -0.2) is 13.6 Å². The number of benzene rings is 1. The molecule has 0 amide bonds. The Bertz CT molecular complexity index is 590. The molecule has 1 aromatic carbocycles. The van der Waals surface area contributed by atoms with Crippen molar-refractivity contribution in [1.29, 1.82) is 0 Å². The normalized spacial score (nSPS) is 12.1. The third-order valence-electron chi connectivity index (χ3n) is 1.75. The summed E-state index contributed by atoms with van der Waals surface area (Å²) in [6, 6.07) is 2.77. The van der Waals surface area contributed by atoms with Crippen molar-refractivity contribution in [3.8, 4) is 0 Å². The molecule has 2 aromatic rings. The quantitative estimate of drug-likeness (QED) is 0.799. The number of primary sulfonamides is 1. The highest BCUT2D eigenvalue weighted by Gasteiger charge is 2.16. The van der Waals surface area contributed by atoms with Crippen LogP contribution >= 0.6 is 11.6 Å². The Balaban J connectivity index is 2.88. The Morgan fingerprint density at radius 2 is 2.14 bits per heavy atom. The summed E-state index contributed by atoms with van der Waals surface area (Å²) in [5, 5.41) is 9.02. The first-order valence-corrected chi connectivity index (χ1v) is 5.48. The molecule has 0 fully saturated rings. The lowest BCUT2D eigenvalue weighted by Crippen LogP contribution is -2.12. The monoisotopic (exact) mass is 232 g/mol. The van der Waals surface area contributed by atoms with Crippen LogP contribution < -0.4 is 5.14 Å². The second-order valence-corrected chi connectivity index (χ2v) is 4.58. The van der Waals surface area contributed by atoms with Crippen molar-refractivity contribution >= 4 is 32.5 Å². The third kappa shape index (κ3) is 1.37. The minimum absolute atomic E-state index is 0.0336. The number of halogens is 1. The van der Waals surface area contributed by atoms with E-state index in [1.165, 1.54) is 18.4 Å². The van der Waals surface area contributed by atoms with Crippen molar-refractivity contribution in [2.75, 3.05) is 0 Å². The number of hydrogen-bond donors (Lipinski definition) is 1. The predicted octanol–water partition coefficient (Wildman–Crippen LogP) is 1.13. The van der Waals surface area contributed by atoms with Gasteiger partial charge in [-0.1, -0.05) is 16.8 Å². The molecule has 0 aliphatic carbocycles. The molecule has 1 heterocycles. The zero-order chi connectivity index (χ0) is 10.3. The highest BCUT2D eigenvalue weighted by Crippen LogP contribution is 2.28. The van der Waals surface area contributed by atoms with Gasteiger partial charge in [-0.15, -0.1) is 0 Å². The van der Waals surface area contributed by atoms with Gasteiger partial charge in [-0.05, 0) is 12.1 Å². The summed E-state index contributed by atoms with van der Waals surface area (Å²) in [6.07, 6.45) is 1.27. The lowest BCUT2D eigenvalue weighted by Gasteiger charge is -2.00. The minimum Gasteiger partial charge on any atom is -0.363 e. The van der Waals surface area contributed by atoms with Gasteiger partial charge >= 0.3 is 0 Å². The molecule has 0 spiro atoms. The summed E-state index contributed by atoms with van der Waals surface area (Å²) < 4.78 is 26.8. The van der Waals surface area contributed by atoms with Crippen molar-refractivity contribution in [1.82, 2.24) is 5.16 Å². The maximum Gasteiger partial charge on any atom is 0.239 e. The van der Waals surface area contributed by atoms with E-state index in [0.29, 0.717) is 10.9 Å². The van der Waals surface area contributed by atoms with Crippen molar-refractivity contribution < 1.29 is 12.9 Å². The number of sulfonamides is 1. The van der Waals surface area contributed by atoms with Crippen LogP contribution in [0.5, 0.6) is 0 Å². The molecule has 2 N–H and O–H groups in total. The molecule has 2 rings (SSSR count). The maximum atomic E-state index is 11.1. The Kier molecular flexibility index (Phi) is 1.99. The van der Waals surface area contributed by atoms with Crippen LogP contribution in [0.25, 0.3) is 10.9 Å². The third-order valence-corrected chi connectivity index (χ3v) is 3.22. The van der Waals surface area contributed by atoms with Crippen LogP contribution in [0.15, 0.2) is 27.8 Å². The second-order valence-electron chi connectivity index (χ2n) is 2.67. The molecular weight excluding hydrogens is 228 g/mol. The summed E-state index contributed by atoms with van der Waals surface area (Å²) >= 11 is 5.81. The lowest BCUT2D eigenvalue weighted by atomic mass is 10.3. The largest absolute Gasteiger partial charge is 0.363 e. The Morgan fingerprint density at radius 1 is 1.43 bits per heavy atom. The number of nitrogens with zero attached hydrogens (tertiary/aromatic N) is 1. The molecule has 1 aromatic heterocycles. The van der Waals surface area contributed by atoms with E-state index in [1.54, 1.807) is 0 Å². The van der Waals surface area contributed by atoms with Crippen LogP contribution in [0.2, 0.25) is 5.02 Å². The van der Waals surface area contributed by atoms with Gasteiger partial charge in [0, 0.05) is 0 Å². The molecule has 0 saturated carbocycles. The predicted molar refractivity (Wildman–Crippen MR) is 50.4 cm³/mol. The highest BCUT2D eigenvalue weighted by molar-refractivity contribution is 7.89. The number of aromatic nitrogens is 1. The molecule has 5 nitrogen and oxygen atoms in total. The van der Waals surface area contributed by atoms with Gasteiger partial charge in [0.2, 0.25) is 10.0 Å². The molecule has 7 heteroatoms. The van der Waals surface area contributed by atoms with Crippen LogP contribution in [0, 0.1) is 0 Å². The van der Waals surface area contributed by atoms with Crippen molar-refractivity contribution in [2.24, 2.45) is 5.14 Å². The Morgan fingerprint density at radius 3 is 2.79 bits per heavy atom. The van der Waals surface area contributed by atoms with Gasteiger partial charge in [0.1, 0.15) is 16.7 Å². The minimum atomic E-state index is -3.80. The number of hydrogen-bond acceptors (Lipinski definition) is 4. The van der Waals surface area contributed by atoms with Crippen LogP contribution in [0.1, 0.15) is 0 Å². The molecule has 0 aliphatic heterocycles. The zero-order valence-electron chi connectivity index (χ0n) is 6.77. The summed E-state index contributed by atoms with van der Waals surface area (Å²) in [4.78, 5) is -0.130. The average Bonchev–Trinajstić information content (AvgIpc) is 2.50. The Labute approximate surface area is 84.5 Å². The highest BCUT2D eigenvalue weighted by atomic mass is 35.5. The molecule has 0 radical (unpaired) electrons. The number of fused-ring (bicyclic) bond motifs is 1. The molecule has 0 saturated heterocycles. The molecule has 0 unspecified atom stereocenters. The summed E-state index contributed by atoms with van der Waals surface area (Å²) in [5.41, 5.74) is 0.488. The van der Waals surface area contributed by atoms with E-state index >= 15 is 0 Å². The molecule has 74 valence electrons. The van der Waals surface area contributed by atoms with Crippen molar-refractivity contribution in [2.45, 2.75) is 4.90 Å². The first kappa shape index (κ1) is 9.45. The van der Waals surface area contributed by atoms with Crippen LogP contribution in [0.4, 0.5) is 0 Å². The smallest absolute Gasteiger partial charge is 0.239 e. The first-order chi connectivity index (χ1) is 6.50. The van der Waals surface area contributed by atoms with Gasteiger partial charge in [-0.3, -0.25) is 0 Å². The fraction of sp³-hybridized carbons (Fsp3) is 0. The fourth-order valence-corrected chi connectivity index (χ4v) is 2.25. The molecule has 0 bridgehead atoms. The second kappa shape index (κ2) is 2.94. The van der Waals surface area contributed by atoms with Crippen molar-refractivity contribution in [3.63, 3.8) is 0 Å². The van der Waals surface area contributed by atoms with Crippen molar-refractivity contribution in [3.05, 3.63) is 23.4 Å². The standard InChI is InChI=1S/C7H5ClN2O3S/c8-7-4-3-13-10-5(4)1-2-6(7)14(9,11)12/h1-3H,(H2,9,11,12). The van der Waals surface area contributed by atoms with Gasteiger partial charge in [0.05, 0.1) is 10.4 Å². The van der Waals surface area contributed by atoms with Crippen LogP contribution in [-0.2, 0) is 10.0 Å². The zero-order valence-corrected chi connectivity index (χ0v) is 8.34. The van der Waals surface area contributed by atoms with E-state index in [-0.39, 0.29) is 9.92 Å². The lowest BCUT2D eigenvalue weighted by molar-refractivity contribution is 0.428. The molecule has 0 aliphatic rings. The Hall–Kier alpha value is -1.11. The number of rotatable bonds is 1. The average molecular weight is 233 g/mol. The summed E-state index contributed by atoms with van der Waals surface area (Å²) in [7, 11) is -3.80. The van der Waals surface area contributed by atoms with Gasteiger partial charge in [0.25, 0.3) is 0 Å². The maximum absolute atomic E-state index is 11.1. The van der Waals surface area contributed by atoms with E-state index in [1.807, 2.05) is 0 Å². The molecule has 0 atom stereocenters. The van der Waals surface area contributed by atoms with Gasteiger partial charge in [0.15, 0.2) is 0 Å². The van der Waals surface area contributed by atoms with E-state index in [0.717, 1.165) is 0 Å². The number of nitrogens with two attached hydrogens (primary N) is 1. The topological polar surface area (TPSA) is 86.2 Å². The summed E-state index contributed by atoms with van der Waals surface area (Å²) in [5.74, 6) is 0. The SMILES string of the molecule is NS(=O)(=O)c1ccc2nocc2c1Cl. The van der Waals surface area contributed by atoms with E-state index in [2.05, 4.69) is 9.68 Å². The van der Waals surface area contributed by atoms with E-state index in [4.69, 9.17) is 16.7 Å². The van der Waals surface area contributed by atoms with E-state index in [9.17, 15) is 8.42 Å². The fourth-order valence-electron chi connectivity index (χ4n) is 1.11. The summed E-state index contributed by atoms with van der Waals surface area (Å²) in [6.45, 7) is 0. The van der Waals surface area contributed by atoms with Gasteiger partial charge < -0.3 is 4.52 Å². The van der Waals surface area contributed by atoms with E-state index < -0.39 is 10.0 Å². The molecule has 14 heavy (non-hydrogen) atoms. The molecular formula is C7H5ClN2O3S. The van der Waals surface area contributed by atoms with Crippen LogP contribution in [-0.4, -0.2) is 13.6 Å². The van der Waals surface area contributed by atoms with Crippen LogP contribution in [0.3, 0.4) is 0 Å². The first-order valence-electron chi connectivity index (χ1n) is 3.55. The van der Waals surface area contributed by atoms with Gasteiger partial charge in [-0.2, -0.15) is 0 Å².